The van der Waals surface area contributed by atoms with Crippen molar-refractivity contribution in [1.29, 1.82) is 0 Å². The van der Waals surface area contributed by atoms with Crippen LogP contribution in [0.3, 0.4) is 0 Å². The molecule has 0 aromatic heterocycles. The van der Waals surface area contributed by atoms with E-state index in [-0.39, 0.29) is 12.1 Å². The number of urea groups is 1. The monoisotopic (exact) mass is 370 g/mol. The Morgan fingerprint density at radius 2 is 1.96 bits per heavy atom. The Bertz CT molecular complexity index is 717. The van der Waals surface area contributed by atoms with Gasteiger partial charge >= 0.3 is 6.03 Å². The first-order chi connectivity index (χ1) is 13.2. The minimum Gasteiger partial charge on any atom is -0.492 e. The maximum absolute atomic E-state index is 12.3. The van der Waals surface area contributed by atoms with Gasteiger partial charge in [0.1, 0.15) is 24.7 Å². The van der Waals surface area contributed by atoms with Crippen LogP contribution in [0.15, 0.2) is 54.6 Å². The molecule has 1 aliphatic rings. The Morgan fingerprint density at radius 3 is 2.74 bits per heavy atom. The highest BCUT2D eigenvalue weighted by molar-refractivity contribution is 5.89. The maximum Gasteiger partial charge on any atom is 0.321 e. The molecule has 0 saturated carbocycles. The molecule has 144 valence electrons. The third-order valence-corrected chi connectivity index (χ3v) is 4.33. The van der Waals surface area contributed by atoms with Crippen molar-refractivity contribution in [2.75, 3.05) is 38.7 Å². The molecule has 2 aromatic carbocycles. The summed E-state index contributed by atoms with van der Waals surface area (Å²) in [6.45, 7) is 2.26. The number of nitrogens with zero attached hydrogens (tertiary/aromatic N) is 1. The van der Waals surface area contributed by atoms with Crippen LogP contribution in [0.1, 0.15) is 12.8 Å². The van der Waals surface area contributed by atoms with Gasteiger partial charge in [0.15, 0.2) is 0 Å². The van der Waals surface area contributed by atoms with Crippen LogP contribution in [0.5, 0.6) is 11.5 Å². The number of hydrogen-bond donors (Lipinski definition) is 1. The lowest BCUT2D eigenvalue weighted by atomic mass is 10.2. The summed E-state index contributed by atoms with van der Waals surface area (Å²) in [6.07, 6.45) is 2.29. The summed E-state index contributed by atoms with van der Waals surface area (Å²) < 4.78 is 17.0. The molecule has 2 aromatic rings. The number of benzene rings is 2. The van der Waals surface area contributed by atoms with E-state index in [0.717, 1.165) is 30.9 Å². The van der Waals surface area contributed by atoms with Crippen LogP contribution in [0, 0.1) is 0 Å². The van der Waals surface area contributed by atoms with Crippen molar-refractivity contribution in [3.05, 3.63) is 54.6 Å². The van der Waals surface area contributed by atoms with Crippen LogP contribution in [0.2, 0.25) is 0 Å². The third kappa shape index (κ3) is 6.18. The molecule has 1 atom stereocenters. The molecule has 1 heterocycles. The van der Waals surface area contributed by atoms with Gasteiger partial charge in [-0.15, -0.1) is 0 Å². The Kier molecular flexibility index (Phi) is 6.93. The normalized spacial score (nSPS) is 16.0. The Morgan fingerprint density at radius 1 is 1.15 bits per heavy atom. The molecule has 0 spiro atoms. The number of hydrogen-bond acceptors (Lipinski definition) is 4. The van der Waals surface area contributed by atoms with Gasteiger partial charge in [-0.25, -0.2) is 4.79 Å². The average Bonchev–Trinajstić information content (AvgIpc) is 3.21. The van der Waals surface area contributed by atoms with Crippen molar-refractivity contribution in [1.82, 2.24) is 4.90 Å². The number of para-hydroxylation sites is 1. The van der Waals surface area contributed by atoms with E-state index in [1.807, 2.05) is 54.6 Å². The predicted octanol–water partition coefficient (Wildman–Crippen LogP) is 3.79. The number of likely N-dealkylation sites (N-methyl/N-ethyl adjacent to an activating group) is 1. The standard InChI is InChI=1S/C21H26N2O4/c1-23(12-14-26-18-8-3-2-4-9-18)21(24)22-17-7-5-10-19(15-17)27-16-20-11-6-13-25-20/h2-5,7-10,15,20H,6,11-14,16H2,1H3,(H,22,24). The van der Waals surface area contributed by atoms with Crippen molar-refractivity contribution >= 4 is 11.7 Å². The summed E-state index contributed by atoms with van der Waals surface area (Å²) in [7, 11) is 1.74. The van der Waals surface area contributed by atoms with Crippen molar-refractivity contribution < 1.29 is 19.0 Å². The first-order valence-corrected chi connectivity index (χ1v) is 9.25. The lowest BCUT2D eigenvalue weighted by Crippen LogP contribution is -2.34. The Balaban J connectivity index is 1.42. The number of amides is 2. The molecule has 0 aliphatic carbocycles. The first-order valence-electron chi connectivity index (χ1n) is 9.25. The summed E-state index contributed by atoms with van der Waals surface area (Å²) in [5.74, 6) is 1.51. The summed E-state index contributed by atoms with van der Waals surface area (Å²) in [5.41, 5.74) is 0.695. The van der Waals surface area contributed by atoms with E-state index >= 15 is 0 Å². The van der Waals surface area contributed by atoms with Crippen LogP contribution in [0.4, 0.5) is 10.5 Å². The Labute approximate surface area is 160 Å². The number of ether oxygens (including phenoxy) is 3. The Hall–Kier alpha value is -2.73. The highest BCUT2D eigenvalue weighted by Crippen LogP contribution is 2.20. The second kappa shape index (κ2) is 9.83. The lowest BCUT2D eigenvalue weighted by molar-refractivity contribution is 0.0680. The van der Waals surface area contributed by atoms with Crippen LogP contribution in [-0.2, 0) is 4.74 Å². The van der Waals surface area contributed by atoms with Crippen LogP contribution < -0.4 is 14.8 Å². The fourth-order valence-corrected chi connectivity index (χ4v) is 2.77. The molecular formula is C21H26N2O4. The van der Waals surface area contributed by atoms with Gasteiger partial charge in [-0.3, -0.25) is 0 Å². The van der Waals surface area contributed by atoms with Crippen molar-refractivity contribution in [3.63, 3.8) is 0 Å². The van der Waals surface area contributed by atoms with Crippen molar-refractivity contribution in [2.24, 2.45) is 0 Å². The van der Waals surface area contributed by atoms with Crippen LogP contribution in [0.25, 0.3) is 0 Å². The molecule has 6 heteroatoms. The molecule has 1 saturated heterocycles. The van der Waals surface area contributed by atoms with E-state index < -0.39 is 0 Å². The molecule has 2 amide bonds. The van der Waals surface area contributed by atoms with Crippen LogP contribution >= 0.6 is 0 Å². The maximum atomic E-state index is 12.3. The molecular weight excluding hydrogens is 344 g/mol. The zero-order valence-electron chi connectivity index (χ0n) is 15.6. The largest absolute Gasteiger partial charge is 0.492 e. The summed E-state index contributed by atoms with van der Waals surface area (Å²) >= 11 is 0. The predicted molar refractivity (Wildman–Crippen MR) is 104 cm³/mol. The van der Waals surface area contributed by atoms with Gasteiger partial charge in [-0.1, -0.05) is 24.3 Å². The zero-order valence-corrected chi connectivity index (χ0v) is 15.6. The molecule has 3 rings (SSSR count). The lowest BCUT2D eigenvalue weighted by Gasteiger charge is -2.18. The van der Waals surface area contributed by atoms with E-state index in [2.05, 4.69) is 5.32 Å². The quantitative estimate of drug-likeness (QED) is 0.768. The minimum absolute atomic E-state index is 0.166. The van der Waals surface area contributed by atoms with Gasteiger partial charge in [-0.2, -0.15) is 0 Å². The number of anilines is 1. The van der Waals surface area contributed by atoms with Crippen LogP contribution in [-0.4, -0.2) is 50.4 Å². The molecule has 0 bridgehead atoms. The average molecular weight is 370 g/mol. The molecule has 1 N–H and O–H groups in total. The van der Waals surface area contributed by atoms with Gasteiger partial charge in [0.2, 0.25) is 0 Å². The smallest absolute Gasteiger partial charge is 0.321 e. The molecule has 27 heavy (non-hydrogen) atoms. The summed E-state index contributed by atoms with van der Waals surface area (Å²) in [4.78, 5) is 13.9. The topological polar surface area (TPSA) is 60.0 Å². The number of nitrogens with one attached hydrogen (secondary N) is 1. The molecule has 1 aliphatic heterocycles. The van der Waals surface area contributed by atoms with E-state index in [4.69, 9.17) is 14.2 Å². The highest BCUT2D eigenvalue weighted by Gasteiger charge is 2.16. The zero-order chi connectivity index (χ0) is 18.9. The molecule has 6 nitrogen and oxygen atoms in total. The molecule has 0 radical (unpaired) electrons. The minimum atomic E-state index is -0.192. The second-order valence-corrected chi connectivity index (χ2v) is 6.49. The molecule has 1 fully saturated rings. The highest BCUT2D eigenvalue weighted by atomic mass is 16.5. The third-order valence-electron chi connectivity index (χ3n) is 4.33. The fourth-order valence-electron chi connectivity index (χ4n) is 2.77. The first kappa shape index (κ1) is 19.0. The number of carbonyl (C=O) groups is 1. The van der Waals surface area contributed by atoms with E-state index in [1.54, 1.807) is 11.9 Å². The van der Waals surface area contributed by atoms with Gasteiger partial charge < -0.3 is 24.4 Å². The van der Waals surface area contributed by atoms with E-state index in [0.29, 0.717) is 25.4 Å². The number of rotatable bonds is 8. The van der Waals surface area contributed by atoms with Crippen molar-refractivity contribution in [3.8, 4) is 11.5 Å². The van der Waals surface area contributed by atoms with Gasteiger partial charge in [-0.05, 0) is 37.1 Å². The van der Waals surface area contributed by atoms with Gasteiger partial charge in [0.25, 0.3) is 0 Å². The van der Waals surface area contributed by atoms with Gasteiger partial charge in [0.05, 0.1) is 12.6 Å². The van der Waals surface area contributed by atoms with E-state index in [9.17, 15) is 4.79 Å². The number of carbonyl (C=O) groups excluding carboxylic acids is 1. The van der Waals surface area contributed by atoms with Crippen molar-refractivity contribution in [2.45, 2.75) is 18.9 Å². The second-order valence-electron chi connectivity index (χ2n) is 6.49. The summed E-state index contributed by atoms with van der Waals surface area (Å²) in [6, 6.07) is 16.8. The van der Waals surface area contributed by atoms with Gasteiger partial charge in [0, 0.05) is 25.4 Å². The fraction of sp³-hybridized carbons (Fsp3) is 0.381. The van der Waals surface area contributed by atoms with E-state index in [1.165, 1.54) is 0 Å². The molecule has 1 unspecified atom stereocenters. The SMILES string of the molecule is CN(CCOc1ccccc1)C(=O)Nc1cccc(OCC2CCCO2)c1. The summed E-state index contributed by atoms with van der Waals surface area (Å²) in [5, 5.41) is 2.88.